The molecule has 2 rings (SSSR count). The maximum absolute atomic E-state index is 12.7. The van der Waals surface area contributed by atoms with E-state index in [0.717, 1.165) is 18.5 Å². The number of pyridine rings is 1. The van der Waals surface area contributed by atoms with Crippen LogP contribution < -0.4 is 11.3 Å². The molecule has 0 unspecified atom stereocenters. The van der Waals surface area contributed by atoms with Crippen molar-refractivity contribution in [3.8, 4) is 0 Å². The molecule has 0 saturated carbocycles. The van der Waals surface area contributed by atoms with Crippen LogP contribution in [0.15, 0.2) is 12.1 Å². The van der Waals surface area contributed by atoms with E-state index >= 15 is 0 Å². The van der Waals surface area contributed by atoms with Crippen LogP contribution in [0.25, 0.3) is 0 Å². The molecule has 0 aliphatic carbocycles. The van der Waals surface area contributed by atoms with Gasteiger partial charge in [0.1, 0.15) is 5.82 Å². The second kappa shape index (κ2) is 5.57. The van der Waals surface area contributed by atoms with Crippen LogP contribution in [0.3, 0.4) is 0 Å². The van der Waals surface area contributed by atoms with E-state index in [1.165, 1.54) is 6.42 Å². The van der Waals surface area contributed by atoms with Gasteiger partial charge in [0, 0.05) is 23.3 Å². The van der Waals surface area contributed by atoms with Crippen molar-refractivity contribution >= 4 is 11.7 Å². The lowest BCUT2D eigenvalue weighted by Crippen LogP contribution is -2.47. The Hall–Kier alpha value is -1.62. The molecule has 104 valence electrons. The Morgan fingerprint density at radius 3 is 2.58 bits per heavy atom. The van der Waals surface area contributed by atoms with E-state index in [-0.39, 0.29) is 5.91 Å². The first-order valence-corrected chi connectivity index (χ1v) is 6.81. The fourth-order valence-electron chi connectivity index (χ4n) is 2.84. The Labute approximate surface area is 114 Å². The lowest BCUT2D eigenvalue weighted by molar-refractivity contribution is 0.0510. The van der Waals surface area contributed by atoms with Crippen molar-refractivity contribution in [1.82, 2.24) is 9.88 Å². The average Bonchev–Trinajstić information content (AvgIpc) is 2.37. The Morgan fingerprint density at radius 2 is 2.00 bits per heavy atom. The molecular weight excluding hydrogens is 240 g/mol. The number of nitrogen functional groups attached to an aromatic ring is 1. The summed E-state index contributed by atoms with van der Waals surface area (Å²) in [5.41, 5.74) is 3.95. The molecule has 1 saturated heterocycles. The molecule has 0 spiro atoms. The van der Waals surface area contributed by atoms with E-state index < -0.39 is 0 Å². The zero-order valence-corrected chi connectivity index (χ0v) is 11.8. The smallest absolute Gasteiger partial charge is 0.254 e. The highest BCUT2D eigenvalue weighted by atomic mass is 16.2. The van der Waals surface area contributed by atoms with Crippen molar-refractivity contribution in [3.63, 3.8) is 0 Å². The maximum Gasteiger partial charge on any atom is 0.254 e. The number of aryl methyl sites for hydroxylation is 1. The van der Waals surface area contributed by atoms with Crippen LogP contribution in [0, 0.1) is 6.92 Å². The molecule has 2 atom stereocenters. The largest absolute Gasteiger partial charge is 0.333 e. The average molecular weight is 262 g/mol. The Balaban J connectivity index is 2.30. The molecule has 5 nitrogen and oxygen atoms in total. The number of likely N-dealkylation sites (tertiary alicyclic amines) is 1. The Kier molecular flexibility index (Phi) is 4.04. The molecule has 0 bridgehead atoms. The minimum absolute atomic E-state index is 0.0710. The normalized spacial score (nSPS) is 23.3. The van der Waals surface area contributed by atoms with Gasteiger partial charge in [0.2, 0.25) is 0 Å². The van der Waals surface area contributed by atoms with Gasteiger partial charge in [-0.05, 0) is 52.2 Å². The lowest BCUT2D eigenvalue weighted by Gasteiger charge is -2.39. The number of hydrogen-bond acceptors (Lipinski definition) is 4. The Morgan fingerprint density at radius 1 is 1.37 bits per heavy atom. The number of nitrogens with zero attached hydrogens (tertiary/aromatic N) is 2. The van der Waals surface area contributed by atoms with E-state index in [2.05, 4.69) is 24.3 Å². The molecule has 1 aromatic heterocycles. The lowest BCUT2D eigenvalue weighted by atomic mass is 9.96. The molecule has 1 fully saturated rings. The third-order valence-electron chi connectivity index (χ3n) is 3.78. The van der Waals surface area contributed by atoms with Crippen molar-refractivity contribution in [2.24, 2.45) is 5.84 Å². The topological polar surface area (TPSA) is 71.2 Å². The number of rotatable bonds is 2. The van der Waals surface area contributed by atoms with Crippen molar-refractivity contribution in [1.29, 1.82) is 0 Å². The molecule has 0 radical (unpaired) electrons. The summed E-state index contributed by atoms with van der Waals surface area (Å²) < 4.78 is 0. The third kappa shape index (κ3) is 2.87. The number of carbonyl (C=O) groups excluding carboxylic acids is 1. The van der Waals surface area contributed by atoms with Crippen LogP contribution in [-0.4, -0.2) is 27.9 Å². The summed E-state index contributed by atoms with van der Waals surface area (Å²) in [5.74, 6) is 5.98. The van der Waals surface area contributed by atoms with Gasteiger partial charge < -0.3 is 10.3 Å². The highest BCUT2D eigenvalue weighted by Crippen LogP contribution is 2.25. The number of anilines is 1. The van der Waals surface area contributed by atoms with E-state index in [1.807, 2.05) is 17.9 Å². The zero-order valence-electron chi connectivity index (χ0n) is 11.8. The van der Waals surface area contributed by atoms with Crippen LogP contribution in [-0.2, 0) is 0 Å². The van der Waals surface area contributed by atoms with Gasteiger partial charge >= 0.3 is 0 Å². The monoisotopic (exact) mass is 262 g/mol. The van der Waals surface area contributed by atoms with Crippen LogP contribution in [0.1, 0.15) is 49.2 Å². The molecule has 3 N–H and O–H groups in total. The van der Waals surface area contributed by atoms with Gasteiger partial charge in [0.25, 0.3) is 5.91 Å². The second-order valence-electron chi connectivity index (χ2n) is 5.37. The van der Waals surface area contributed by atoms with Gasteiger partial charge in [0.15, 0.2) is 0 Å². The van der Waals surface area contributed by atoms with Crippen LogP contribution in [0.5, 0.6) is 0 Å². The minimum Gasteiger partial charge on any atom is -0.333 e. The fourth-order valence-corrected chi connectivity index (χ4v) is 2.84. The molecule has 19 heavy (non-hydrogen) atoms. The number of nitrogens with two attached hydrogens (primary N) is 1. The summed E-state index contributed by atoms with van der Waals surface area (Å²) in [4.78, 5) is 18.9. The Bertz CT molecular complexity index is 465. The van der Waals surface area contributed by atoms with Crippen LogP contribution in [0.2, 0.25) is 0 Å². The predicted molar refractivity (Wildman–Crippen MR) is 75.7 cm³/mol. The molecular formula is C14H22N4O. The molecule has 1 aromatic rings. The highest BCUT2D eigenvalue weighted by Gasteiger charge is 2.29. The number of carbonyl (C=O) groups is 1. The van der Waals surface area contributed by atoms with Gasteiger partial charge in [-0.2, -0.15) is 0 Å². The second-order valence-corrected chi connectivity index (χ2v) is 5.37. The first-order valence-electron chi connectivity index (χ1n) is 6.81. The van der Waals surface area contributed by atoms with Crippen LogP contribution in [0.4, 0.5) is 5.82 Å². The molecule has 1 aliphatic heterocycles. The highest BCUT2D eigenvalue weighted by molar-refractivity contribution is 5.95. The van der Waals surface area contributed by atoms with Crippen molar-refractivity contribution in [3.05, 3.63) is 23.4 Å². The predicted octanol–water partition coefficient (Wildman–Crippen LogP) is 2.08. The van der Waals surface area contributed by atoms with E-state index in [1.54, 1.807) is 6.07 Å². The van der Waals surface area contributed by atoms with E-state index in [9.17, 15) is 4.79 Å². The zero-order chi connectivity index (χ0) is 14.0. The summed E-state index contributed by atoms with van der Waals surface area (Å²) in [6, 6.07) is 4.11. The van der Waals surface area contributed by atoms with Crippen molar-refractivity contribution in [2.45, 2.75) is 52.1 Å². The summed E-state index contributed by atoms with van der Waals surface area (Å²) >= 11 is 0. The van der Waals surface area contributed by atoms with Gasteiger partial charge in [-0.3, -0.25) is 4.79 Å². The van der Waals surface area contributed by atoms with Gasteiger partial charge in [0.05, 0.1) is 0 Å². The minimum atomic E-state index is 0.0710. The number of aromatic nitrogens is 1. The van der Waals surface area contributed by atoms with Crippen molar-refractivity contribution in [2.75, 3.05) is 5.43 Å². The first-order chi connectivity index (χ1) is 9.02. The van der Waals surface area contributed by atoms with Crippen molar-refractivity contribution < 1.29 is 4.79 Å². The quantitative estimate of drug-likeness (QED) is 0.632. The van der Waals surface area contributed by atoms with E-state index in [0.29, 0.717) is 23.5 Å². The number of piperidine rings is 1. The number of amides is 1. The molecule has 0 aromatic carbocycles. The van der Waals surface area contributed by atoms with Gasteiger partial charge in [-0.1, -0.05) is 0 Å². The first kappa shape index (κ1) is 13.8. The number of hydrazine groups is 1. The van der Waals surface area contributed by atoms with Gasteiger partial charge in [-0.25, -0.2) is 10.8 Å². The SMILES string of the molecule is Cc1cc(C(=O)N2[C@H](C)CCC[C@@H]2C)cc(NN)n1. The summed E-state index contributed by atoms with van der Waals surface area (Å²) in [6.07, 6.45) is 3.33. The molecule has 5 heteroatoms. The molecule has 2 heterocycles. The summed E-state index contributed by atoms with van der Waals surface area (Å²) in [6.45, 7) is 6.09. The summed E-state index contributed by atoms with van der Waals surface area (Å²) in [7, 11) is 0. The molecule has 1 aliphatic rings. The fraction of sp³-hybridized carbons (Fsp3) is 0.571. The summed E-state index contributed by atoms with van der Waals surface area (Å²) in [5, 5.41) is 0. The number of hydrogen-bond donors (Lipinski definition) is 2. The molecule has 1 amide bonds. The van der Waals surface area contributed by atoms with Gasteiger partial charge in [-0.15, -0.1) is 0 Å². The standard InChI is InChI=1S/C14H22N4O/c1-9-7-12(8-13(16-9)17-15)14(19)18-10(2)5-4-6-11(18)3/h7-8,10-11H,4-6,15H2,1-3H3,(H,16,17)/t10-,11+. The maximum atomic E-state index is 12.7. The van der Waals surface area contributed by atoms with E-state index in [4.69, 9.17) is 5.84 Å². The van der Waals surface area contributed by atoms with Crippen LogP contribution >= 0.6 is 0 Å². The third-order valence-corrected chi connectivity index (χ3v) is 3.78. The number of nitrogens with one attached hydrogen (secondary N) is 1.